The Morgan fingerprint density at radius 1 is 1.18 bits per heavy atom. The van der Waals surface area contributed by atoms with Crippen molar-refractivity contribution in [1.29, 1.82) is 0 Å². The van der Waals surface area contributed by atoms with Crippen LogP contribution in [0.1, 0.15) is 29.8 Å². The van der Waals surface area contributed by atoms with Gasteiger partial charge in [0.25, 0.3) is 5.91 Å². The molecule has 0 bridgehead atoms. The third-order valence-electron chi connectivity index (χ3n) is 6.30. The van der Waals surface area contributed by atoms with Crippen LogP contribution in [0.2, 0.25) is 0 Å². The molecule has 0 radical (unpaired) electrons. The molecule has 7 heteroatoms. The maximum atomic E-state index is 13.6. The minimum atomic E-state index is -0.310. The molecule has 0 unspecified atom stereocenters. The SMILES string of the molecule is C[C@H](CO)N1C[C@H](C)[C@@H](CN(C)Cc2cccnc2)Oc2ncc(-c3ccccc3)cc2C1=O. The van der Waals surface area contributed by atoms with Gasteiger partial charge < -0.3 is 14.7 Å². The molecule has 4 rings (SSSR count). The Morgan fingerprint density at radius 2 is 1.97 bits per heavy atom. The average molecular weight is 461 g/mol. The molecule has 1 amide bonds. The van der Waals surface area contributed by atoms with Crippen molar-refractivity contribution in [2.75, 3.05) is 26.7 Å². The maximum Gasteiger partial charge on any atom is 0.259 e. The fraction of sp³-hybridized carbons (Fsp3) is 0.370. The molecule has 0 saturated heterocycles. The number of aromatic nitrogens is 2. The molecule has 178 valence electrons. The van der Waals surface area contributed by atoms with Crippen LogP contribution in [0.5, 0.6) is 5.88 Å². The van der Waals surface area contributed by atoms with E-state index in [0.717, 1.165) is 23.2 Å². The van der Waals surface area contributed by atoms with Gasteiger partial charge in [0.2, 0.25) is 5.88 Å². The minimum absolute atomic E-state index is 0.0399. The molecule has 7 nitrogen and oxygen atoms in total. The number of ether oxygens (including phenoxy) is 1. The average Bonchev–Trinajstić information content (AvgIpc) is 2.86. The van der Waals surface area contributed by atoms with Crippen LogP contribution in [0, 0.1) is 5.92 Å². The Balaban J connectivity index is 1.65. The second-order valence-electron chi connectivity index (χ2n) is 9.12. The molecule has 2 aromatic heterocycles. The molecule has 3 heterocycles. The summed E-state index contributed by atoms with van der Waals surface area (Å²) in [6, 6.07) is 15.4. The second-order valence-corrected chi connectivity index (χ2v) is 9.12. The first-order valence-corrected chi connectivity index (χ1v) is 11.7. The van der Waals surface area contributed by atoms with Crippen LogP contribution in [0.15, 0.2) is 67.1 Å². The van der Waals surface area contributed by atoms with Gasteiger partial charge in [-0.25, -0.2) is 4.98 Å². The van der Waals surface area contributed by atoms with Crippen molar-refractivity contribution in [3.63, 3.8) is 0 Å². The number of fused-ring (bicyclic) bond motifs is 1. The number of rotatable bonds is 7. The lowest BCUT2D eigenvalue weighted by molar-refractivity contribution is 0.0325. The van der Waals surface area contributed by atoms with Crippen molar-refractivity contribution >= 4 is 5.91 Å². The van der Waals surface area contributed by atoms with Crippen molar-refractivity contribution < 1.29 is 14.6 Å². The monoisotopic (exact) mass is 460 g/mol. The Kier molecular flexibility index (Phi) is 7.55. The molecule has 1 aliphatic rings. The molecule has 0 spiro atoms. The van der Waals surface area contributed by atoms with Crippen LogP contribution in [-0.4, -0.2) is 69.7 Å². The van der Waals surface area contributed by atoms with Gasteiger partial charge in [-0.15, -0.1) is 0 Å². The van der Waals surface area contributed by atoms with Crippen molar-refractivity contribution in [3.8, 4) is 17.0 Å². The Bertz CT molecular complexity index is 1090. The van der Waals surface area contributed by atoms with E-state index in [1.807, 2.05) is 62.6 Å². The first-order chi connectivity index (χ1) is 16.5. The van der Waals surface area contributed by atoms with Crippen LogP contribution >= 0.6 is 0 Å². The zero-order valence-electron chi connectivity index (χ0n) is 20.0. The molecule has 0 saturated carbocycles. The van der Waals surface area contributed by atoms with Gasteiger partial charge >= 0.3 is 0 Å². The molecule has 1 aliphatic heterocycles. The maximum absolute atomic E-state index is 13.6. The normalized spacial score (nSPS) is 19.2. The first kappa shape index (κ1) is 23.9. The number of amides is 1. The van der Waals surface area contributed by atoms with E-state index in [4.69, 9.17) is 4.74 Å². The van der Waals surface area contributed by atoms with Crippen molar-refractivity contribution in [2.45, 2.75) is 32.5 Å². The standard InChI is InChI=1S/C27H32N4O3/c1-19-15-31(20(2)18-32)27(33)24-12-23(22-9-5-4-6-10-22)14-29-26(24)34-25(19)17-30(3)16-21-8-7-11-28-13-21/h4-14,19-20,25,32H,15-18H2,1-3H3/t19-,20+,25+/m0/s1. The van der Waals surface area contributed by atoms with Gasteiger partial charge in [0.05, 0.1) is 12.6 Å². The van der Waals surface area contributed by atoms with Crippen molar-refractivity contribution in [1.82, 2.24) is 19.8 Å². The van der Waals surface area contributed by atoms with Gasteiger partial charge in [-0.3, -0.25) is 14.7 Å². The topological polar surface area (TPSA) is 78.8 Å². The number of likely N-dealkylation sites (N-methyl/N-ethyl adjacent to an activating group) is 1. The molecule has 0 aliphatic carbocycles. The summed E-state index contributed by atoms with van der Waals surface area (Å²) in [7, 11) is 2.05. The van der Waals surface area contributed by atoms with Gasteiger partial charge in [0.15, 0.2) is 0 Å². The van der Waals surface area contributed by atoms with Gasteiger partial charge in [-0.2, -0.15) is 0 Å². The molecule has 34 heavy (non-hydrogen) atoms. The Labute approximate surface area is 201 Å². The fourth-order valence-corrected chi connectivity index (χ4v) is 4.28. The molecule has 0 fully saturated rings. The lowest BCUT2D eigenvalue weighted by Gasteiger charge is -2.37. The molecule has 3 atom stereocenters. The van der Waals surface area contributed by atoms with E-state index >= 15 is 0 Å². The highest BCUT2D eigenvalue weighted by atomic mass is 16.5. The summed E-state index contributed by atoms with van der Waals surface area (Å²) in [6.45, 7) is 5.73. The molecule has 1 N–H and O–H groups in total. The molecule has 3 aromatic rings. The van der Waals surface area contributed by atoms with Gasteiger partial charge in [-0.1, -0.05) is 43.3 Å². The second kappa shape index (κ2) is 10.8. The van der Waals surface area contributed by atoms with Crippen LogP contribution in [0.3, 0.4) is 0 Å². The number of hydrogen-bond acceptors (Lipinski definition) is 6. The third-order valence-corrected chi connectivity index (χ3v) is 6.30. The third kappa shape index (κ3) is 5.43. The summed E-state index contributed by atoms with van der Waals surface area (Å²) in [5.74, 6) is 0.208. The fourth-order valence-electron chi connectivity index (χ4n) is 4.28. The van der Waals surface area contributed by atoms with E-state index in [9.17, 15) is 9.90 Å². The van der Waals surface area contributed by atoms with Crippen LogP contribution in [0.4, 0.5) is 0 Å². The van der Waals surface area contributed by atoms with E-state index in [0.29, 0.717) is 24.5 Å². The van der Waals surface area contributed by atoms with Gasteiger partial charge in [0.1, 0.15) is 11.7 Å². The summed E-state index contributed by atoms with van der Waals surface area (Å²) in [4.78, 5) is 26.3. The number of carbonyl (C=O) groups excluding carboxylic acids is 1. The Morgan fingerprint density at radius 3 is 2.68 bits per heavy atom. The smallest absolute Gasteiger partial charge is 0.259 e. The molecular weight excluding hydrogens is 428 g/mol. The summed E-state index contributed by atoms with van der Waals surface area (Å²) >= 11 is 0. The number of nitrogens with zero attached hydrogens (tertiary/aromatic N) is 4. The number of benzene rings is 1. The molecular formula is C27H32N4O3. The Hall–Kier alpha value is -3.29. The van der Waals surface area contributed by atoms with E-state index < -0.39 is 0 Å². The van der Waals surface area contributed by atoms with Crippen molar-refractivity contribution in [3.05, 3.63) is 78.2 Å². The highest BCUT2D eigenvalue weighted by Crippen LogP contribution is 2.30. The van der Waals surface area contributed by atoms with E-state index in [1.54, 1.807) is 17.3 Å². The van der Waals surface area contributed by atoms with Crippen LogP contribution in [-0.2, 0) is 6.54 Å². The number of carbonyl (C=O) groups is 1. The summed E-state index contributed by atoms with van der Waals surface area (Å²) in [5, 5.41) is 9.85. The zero-order valence-corrected chi connectivity index (χ0v) is 20.0. The quantitative estimate of drug-likeness (QED) is 0.582. The van der Waals surface area contributed by atoms with Crippen LogP contribution < -0.4 is 4.74 Å². The first-order valence-electron chi connectivity index (χ1n) is 11.7. The summed E-state index contributed by atoms with van der Waals surface area (Å²) in [6.07, 6.45) is 5.20. The zero-order chi connectivity index (χ0) is 24.1. The molecule has 1 aromatic carbocycles. The lowest BCUT2D eigenvalue weighted by Crippen LogP contribution is -2.49. The number of hydrogen-bond donors (Lipinski definition) is 1. The number of aliphatic hydroxyl groups excluding tert-OH is 1. The summed E-state index contributed by atoms with van der Waals surface area (Å²) < 4.78 is 6.40. The number of aliphatic hydroxyl groups is 1. The lowest BCUT2D eigenvalue weighted by atomic mass is 9.99. The van der Waals surface area contributed by atoms with Crippen LogP contribution in [0.25, 0.3) is 11.1 Å². The van der Waals surface area contributed by atoms with E-state index in [2.05, 4.69) is 27.9 Å². The van der Waals surface area contributed by atoms with Gasteiger partial charge in [-0.05, 0) is 37.2 Å². The van der Waals surface area contributed by atoms with E-state index in [-0.39, 0.29) is 30.6 Å². The predicted molar refractivity (Wildman–Crippen MR) is 131 cm³/mol. The predicted octanol–water partition coefficient (Wildman–Crippen LogP) is 3.50. The van der Waals surface area contributed by atoms with Gasteiger partial charge in [0, 0.05) is 49.7 Å². The largest absolute Gasteiger partial charge is 0.472 e. The summed E-state index contributed by atoms with van der Waals surface area (Å²) in [5.41, 5.74) is 3.39. The highest BCUT2D eigenvalue weighted by molar-refractivity contribution is 5.98. The van der Waals surface area contributed by atoms with E-state index in [1.165, 1.54) is 0 Å². The number of pyridine rings is 2. The highest BCUT2D eigenvalue weighted by Gasteiger charge is 2.34. The van der Waals surface area contributed by atoms with Crippen molar-refractivity contribution in [2.24, 2.45) is 5.92 Å². The minimum Gasteiger partial charge on any atom is -0.472 e.